The van der Waals surface area contributed by atoms with E-state index in [1.807, 2.05) is 0 Å². The average Bonchev–Trinajstić information content (AvgIpc) is 2.62. The molecule has 7 heteroatoms. The van der Waals surface area contributed by atoms with Crippen LogP contribution < -0.4 is 10.5 Å². The van der Waals surface area contributed by atoms with Crippen molar-refractivity contribution in [3.8, 4) is 5.75 Å². The smallest absolute Gasteiger partial charge is 0.387 e. The SMILES string of the molecule is NC(=O)c1cc2[nH]cnc2cc1OC(F)F. The first kappa shape index (κ1) is 10.3. The van der Waals surface area contributed by atoms with Crippen LogP contribution in [0, 0.1) is 0 Å². The molecule has 0 bridgehead atoms. The highest BCUT2D eigenvalue weighted by molar-refractivity contribution is 5.99. The van der Waals surface area contributed by atoms with Crippen LogP contribution in [0.4, 0.5) is 8.78 Å². The van der Waals surface area contributed by atoms with Gasteiger partial charge in [0, 0.05) is 6.07 Å². The number of hydrogen-bond donors (Lipinski definition) is 2. The van der Waals surface area contributed by atoms with E-state index in [0.717, 1.165) is 0 Å². The zero-order chi connectivity index (χ0) is 11.7. The van der Waals surface area contributed by atoms with Crippen molar-refractivity contribution in [2.45, 2.75) is 6.61 Å². The molecule has 1 aromatic heterocycles. The summed E-state index contributed by atoms with van der Waals surface area (Å²) < 4.78 is 28.4. The number of ether oxygens (including phenoxy) is 1. The molecule has 2 rings (SSSR count). The highest BCUT2D eigenvalue weighted by Crippen LogP contribution is 2.25. The van der Waals surface area contributed by atoms with E-state index in [2.05, 4.69) is 14.7 Å². The third-order valence-corrected chi connectivity index (χ3v) is 2.00. The number of nitrogens with one attached hydrogen (secondary N) is 1. The number of aromatic amines is 1. The van der Waals surface area contributed by atoms with Crippen molar-refractivity contribution in [3.05, 3.63) is 24.0 Å². The summed E-state index contributed by atoms with van der Waals surface area (Å²) >= 11 is 0. The third-order valence-electron chi connectivity index (χ3n) is 2.00. The molecule has 0 aliphatic rings. The van der Waals surface area contributed by atoms with Crippen LogP contribution in [-0.2, 0) is 0 Å². The van der Waals surface area contributed by atoms with Crippen molar-refractivity contribution in [3.63, 3.8) is 0 Å². The number of halogens is 2. The number of amides is 1. The Kier molecular flexibility index (Phi) is 2.43. The molecule has 16 heavy (non-hydrogen) atoms. The van der Waals surface area contributed by atoms with Gasteiger partial charge in [-0.15, -0.1) is 0 Å². The first-order valence-electron chi connectivity index (χ1n) is 4.29. The summed E-state index contributed by atoms with van der Waals surface area (Å²) in [5, 5.41) is 0. The normalized spacial score (nSPS) is 10.9. The van der Waals surface area contributed by atoms with Gasteiger partial charge in [0.25, 0.3) is 5.91 Å². The standard InChI is InChI=1S/C9H7F2N3O2/c10-9(11)16-7-2-6-5(13-3-14-6)1-4(7)8(12)15/h1-3,9H,(H2,12,15)(H,13,14). The predicted molar refractivity (Wildman–Crippen MR) is 51.2 cm³/mol. The topological polar surface area (TPSA) is 81.0 Å². The van der Waals surface area contributed by atoms with Crippen LogP contribution in [0.2, 0.25) is 0 Å². The lowest BCUT2D eigenvalue weighted by molar-refractivity contribution is -0.0500. The van der Waals surface area contributed by atoms with Gasteiger partial charge in [0.1, 0.15) is 5.75 Å². The Bertz CT molecular complexity index is 539. The summed E-state index contributed by atoms with van der Waals surface area (Å²) in [6, 6.07) is 2.56. The number of alkyl halides is 2. The Balaban J connectivity index is 2.57. The molecule has 0 radical (unpaired) electrons. The Hall–Kier alpha value is -2.18. The van der Waals surface area contributed by atoms with Crippen molar-refractivity contribution < 1.29 is 18.3 Å². The number of primary amides is 1. The van der Waals surface area contributed by atoms with Crippen LogP contribution in [0.1, 0.15) is 10.4 Å². The van der Waals surface area contributed by atoms with E-state index in [9.17, 15) is 13.6 Å². The highest BCUT2D eigenvalue weighted by atomic mass is 19.3. The fourth-order valence-electron chi connectivity index (χ4n) is 1.35. The molecule has 1 amide bonds. The fourth-order valence-corrected chi connectivity index (χ4v) is 1.35. The zero-order valence-corrected chi connectivity index (χ0v) is 7.91. The van der Waals surface area contributed by atoms with Gasteiger partial charge in [-0.25, -0.2) is 4.98 Å². The fraction of sp³-hybridized carbons (Fsp3) is 0.111. The number of nitrogens with zero attached hydrogens (tertiary/aromatic N) is 1. The number of nitrogens with two attached hydrogens (primary N) is 1. The molecule has 0 saturated carbocycles. The van der Waals surface area contributed by atoms with E-state index in [4.69, 9.17) is 5.73 Å². The van der Waals surface area contributed by atoms with Gasteiger partial charge >= 0.3 is 6.61 Å². The van der Waals surface area contributed by atoms with Gasteiger partial charge in [-0.05, 0) is 6.07 Å². The number of H-pyrrole nitrogens is 1. The largest absolute Gasteiger partial charge is 0.434 e. The molecule has 0 saturated heterocycles. The first-order chi connectivity index (χ1) is 7.58. The monoisotopic (exact) mass is 227 g/mol. The molecule has 1 aromatic carbocycles. The van der Waals surface area contributed by atoms with Crippen LogP contribution in [0.25, 0.3) is 11.0 Å². The van der Waals surface area contributed by atoms with Gasteiger partial charge in [-0.3, -0.25) is 4.79 Å². The Morgan fingerprint density at radius 2 is 2.25 bits per heavy atom. The molecule has 84 valence electrons. The van der Waals surface area contributed by atoms with Crippen LogP contribution in [-0.4, -0.2) is 22.5 Å². The van der Waals surface area contributed by atoms with Gasteiger partial charge < -0.3 is 15.5 Å². The number of imidazole rings is 1. The lowest BCUT2D eigenvalue weighted by atomic mass is 10.1. The Morgan fingerprint density at radius 1 is 1.50 bits per heavy atom. The molecule has 5 nitrogen and oxygen atoms in total. The number of hydrogen-bond acceptors (Lipinski definition) is 3. The van der Waals surface area contributed by atoms with Crippen molar-refractivity contribution in [1.82, 2.24) is 9.97 Å². The minimum absolute atomic E-state index is 0.114. The molecule has 1 heterocycles. The number of fused-ring (bicyclic) bond motifs is 1. The van der Waals surface area contributed by atoms with Crippen LogP contribution in [0.3, 0.4) is 0 Å². The molecular weight excluding hydrogens is 220 g/mol. The molecule has 0 spiro atoms. The summed E-state index contributed by atoms with van der Waals surface area (Å²) in [6.07, 6.45) is 1.38. The molecule has 0 unspecified atom stereocenters. The van der Waals surface area contributed by atoms with E-state index in [1.54, 1.807) is 0 Å². The number of carbonyl (C=O) groups excluding carboxylic acids is 1. The van der Waals surface area contributed by atoms with E-state index in [0.29, 0.717) is 11.0 Å². The summed E-state index contributed by atoms with van der Waals surface area (Å²) in [4.78, 5) is 17.6. The maximum absolute atomic E-state index is 12.1. The van der Waals surface area contributed by atoms with Gasteiger partial charge in [-0.1, -0.05) is 0 Å². The van der Waals surface area contributed by atoms with Gasteiger partial charge in [-0.2, -0.15) is 8.78 Å². The van der Waals surface area contributed by atoms with E-state index in [-0.39, 0.29) is 11.3 Å². The van der Waals surface area contributed by atoms with Crippen LogP contribution in [0.15, 0.2) is 18.5 Å². The first-order valence-corrected chi connectivity index (χ1v) is 4.29. The number of rotatable bonds is 3. The van der Waals surface area contributed by atoms with Crippen molar-refractivity contribution >= 4 is 16.9 Å². The van der Waals surface area contributed by atoms with E-state index >= 15 is 0 Å². The zero-order valence-electron chi connectivity index (χ0n) is 7.91. The minimum Gasteiger partial charge on any atom is -0.434 e. The van der Waals surface area contributed by atoms with E-state index < -0.39 is 12.5 Å². The van der Waals surface area contributed by atoms with Gasteiger partial charge in [0.2, 0.25) is 0 Å². The third kappa shape index (κ3) is 1.79. The van der Waals surface area contributed by atoms with Gasteiger partial charge in [0.15, 0.2) is 0 Å². The van der Waals surface area contributed by atoms with Crippen LogP contribution in [0.5, 0.6) is 5.75 Å². The van der Waals surface area contributed by atoms with Crippen molar-refractivity contribution in [2.24, 2.45) is 5.73 Å². The summed E-state index contributed by atoms with van der Waals surface area (Å²) in [7, 11) is 0. The lowest BCUT2D eigenvalue weighted by Gasteiger charge is -2.08. The predicted octanol–water partition coefficient (Wildman–Crippen LogP) is 1.26. The second kappa shape index (κ2) is 3.76. The molecule has 3 N–H and O–H groups in total. The highest BCUT2D eigenvalue weighted by Gasteiger charge is 2.15. The molecule has 0 fully saturated rings. The molecule has 0 aliphatic carbocycles. The summed E-state index contributed by atoms with van der Waals surface area (Å²) in [5.74, 6) is -1.12. The summed E-state index contributed by atoms with van der Waals surface area (Å²) in [6.45, 7) is -3.02. The Labute approximate surface area is 88.2 Å². The Morgan fingerprint density at radius 3 is 2.88 bits per heavy atom. The van der Waals surface area contributed by atoms with E-state index in [1.165, 1.54) is 18.5 Å². The van der Waals surface area contributed by atoms with Crippen LogP contribution >= 0.6 is 0 Å². The van der Waals surface area contributed by atoms with Gasteiger partial charge in [0.05, 0.1) is 22.9 Å². The number of benzene rings is 1. The quantitative estimate of drug-likeness (QED) is 0.828. The maximum Gasteiger partial charge on any atom is 0.387 e. The number of aromatic nitrogens is 2. The lowest BCUT2D eigenvalue weighted by Crippen LogP contribution is -2.14. The minimum atomic E-state index is -3.02. The average molecular weight is 227 g/mol. The molecular formula is C9H7F2N3O2. The maximum atomic E-state index is 12.1. The number of carbonyl (C=O) groups is 1. The van der Waals surface area contributed by atoms with Crippen molar-refractivity contribution in [1.29, 1.82) is 0 Å². The molecule has 0 aliphatic heterocycles. The second-order valence-electron chi connectivity index (χ2n) is 3.01. The summed E-state index contributed by atoms with van der Waals surface area (Å²) in [5.41, 5.74) is 5.88. The second-order valence-corrected chi connectivity index (χ2v) is 3.01. The molecule has 2 aromatic rings. The molecule has 0 atom stereocenters. The van der Waals surface area contributed by atoms with Crippen molar-refractivity contribution in [2.75, 3.05) is 0 Å².